The molecule has 2 aliphatic rings. The molecule has 2 N–H and O–H groups in total. The van der Waals surface area contributed by atoms with Gasteiger partial charge >= 0.3 is 12.4 Å². The van der Waals surface area contributed by atoms with Crippen LogP contribution in [0.5, 0.6) is 0 Å². The minimum atomic E-state index is -4.95. The van der Waals surface area contributed by atoms with Crippen molar-refractivity contribution in [3.05, 3.63) is 52.2 Å². The second-order valence-electron chi connectivity index (χ2n) is 10.8. The highest BCUT2D eigenvalue weighted by atomic mass is 19.4. The minimum Gasteiger partial charge on any atom is -0.354 e. The Labute approximate surface area is 239 Å². The van der Waals surface area contributed by atoms with Crippen molar-refractivity contribution in [2.45, 2.75) is 71.0 Å². The van der Waals surface area contributed by atoms with E-state index in [1.165, 1.54) is 5.12 Å². The molecule has 0 amide bonds. The van der Waals surface area contributed by atoms with Gasteiger partial charge in [-0.2, -0.15) is 31.4 Å². The van der Waals surface area contributed by atoms with Crippen molar-refractivity contribution >= 4 is 22.8 Å². The largest absolute Gasteiger partial charge is 0.416 e. The van der Waals surface area contributed by atoms with Gasteiger partial charge in [0.05, 0.1) is 16.8 Å². The normalized spacial score (nSPS) is 16.6. The highest BCUT2D eigenvalue weighted by molar-refractivity contribution is 5.83. The summed E-state index contributed by atoms with van der Waals surface area (Å²) in [6, 6.07) is 3.87. The maximum absolute atomic E-state index is 13.6. The highest BCUT2D eigenvalue weighted by Gasteiger charge is 2.37. The van der Waals surface area contributed by atoms with Gasteiger partial charge in [-0.3, -0.25) is 10.1 Å². The summed E-state index contributed by atoms with van der Waals surface area (Å²) in [5.74, 6) is 0.950. The number of aryl methyl sites for hydroxylation is 2. The second kappa shape index (κ2) is 11.2. The van der Waals surface area contributed by atoms with Gasteiger partial charge in [0.2, 0.25) is 5.96 Å². The molecule has 1 aliphatic heterocycles. The highest BCUT2D eigenvalue weighted by Crippen LogP contribution is 2.37. The van der Waals surface area contributed by atoms with Gasteiger partial charge in [0, 0.05) is 50.7 Å². The summed E-state index contributed by atoms with van der Waals surface area (Å²) in [7, 11) is 3.45. The van der Waals surface area contributed by atoms with E-state index < -0.39 is 23.5 Å². The van der Waals surface area contributed by atoms with Crippen LogP contribution in [-0.2, 0) is 32.5 Å². The molecular formula is C27H33F6N9. The van der Waals surface area contributed by atoms with E-state index in [0.29, 0.717) is 18.0 Å². The van der Waals surface area contributed by atoms with Gasteiger partial charge in [-0.05, 0) is 56.5 Å². The third-order valence-electron chi connectivity index (χ3n) is 7.69. The predicted octanol–water partition coefficient (Wildman–Crippen LogP) is 5.31. The van der Waals surface area contributed by atoms with Crippen LogP contribution in [0, 0.1) is 6.92 Å². The summed E-state index contributed by atoms with van der Waals surface area (Å²) in [5.41, 5.74) is 4.98. The summed E-state index contributed by atoms with van der Waals surface area (Å²) in [6.07, 6.45) is -5.68. The Morgan fingerprint density at radius 3 is 2.14 bits per heavy atom. The van der Waals surface area contributed by atoms with Crippen LogP contribution < -0.4 is 15.9 Å². The van der Waals surface area contributed by atoms with Gasteiger partial charge in [0.25, 0.3) is 0 Å². The third-order valence-corrected chi connectivity index (χ3v) is 7.69. The molecule has 1 aliphatic carbocycles. The van der Waals surface area contributed by atoms with Crippen LogP contribution in [-0.4, -0.2) is 50.4 Å². The van der Waals surface area contributed by atoms with Crippen LogP contribution in [0.4, 0.5) is 32.2 Å². The van der Waals surface area contributed by atoms with Crippen molar-refractivity contribution in [3.8, 4) is 0 Å². The van der Waals surface area contributed by atoms with E-state index in [-0.39, 0.29) is 36.7 Å². The topological polar surface area (TPSA) is 76.9 Å². The number of nitrogens with zero attached hydrogens (tertiary/aromatic N) is 7. The molecule has 0 unspecified atom stereocenters. The van der Waals surface area contributed by atoms with Gasteiger partial charge in [0.1, 0.15) is 5.82 Å². The van der Waals surface area contributed by atoms with E-state index in [4.69, 9.17) is 4.98 Å². The number of hydrazine groups is 2. The lowest BCUT2D eigenvalue weighted by atomic mass is 10.0. The number of rotatable bonds is 7. The molecule has 1 saturated carbocycles. The fourth-order valence-corrected chi connectivity index (χ4v) is 5.74. The fourth-order valence-electron chi connectivity index (χ4n) is 5.74. The molecule has 0 bridgehead atoms. The molecule has 3 aromatic rings. The average Bonchev–Trinajstić information content (AvgIpc) is 3.65. The van der Waals surface area contributed by atoms with Crippen molar-refractivity contribution in [1.29, 1.82) is 0 Å². The summed E-state index contributed by atoms with van der Waals surface area (Å²) < 4.78 is 83.5. The van der Waals surface area contributed by atoms with Crippen LogP contribution >= 0.6 is 0 Å². The Bertz CT molecular complexity index is 1440. The van der Waals surface area contributed by atoms with Crippen molar-refractivity contribution in [2.24, 2.45) is 12.1 Å². The molecular weight excluding hydrogens is 564 g/mol. The van der Waals surface area contributed by atoms with E-state index in [1.807, 2.05) is 27.0 Å². The summed E-state index contributed by atoms with van der Waals surface area (Å²) in [6.45, 7) is 4.41. The van der Waals surface area contributed by atoms with E-state index >= 15 is 0 Å². The number of fused-ring (bicyclic) bond motifs is 1. The Hall–Kier alpha value is -3.75. The number of hydrazone groups is 1. The quantitative estimate of drug-likeness (QED) is 0.358. The van der Waals surface area contributed by atoms with Crippen LogP contribution in [0.1, 0.15) is 60.6 Å². The first-order valence-electron chi connectivity index (χ1n) is 13.7. The molecule has 0 atom stereocenters. The lowest BCUT2D eigenvalue weighted by Crippen LogP contribution is -2.44. The van der Waals surface area contributed by atoms with Crippen LogP contribution in [0.25, 0.3) is 11.0 Å². The lowest BCUT2D eigenvalue weighted by Gasteiger charge is -2.32. The summed E-state index contributed by atoms with van der Waals surface area (Å²) >= 11 is 0. The zero-order chi connectivity index (χ0) is 30.4. The lowest BCUT2D eigenvalue weighted by molar-refractivity contribution is -0.143. The number of benzene rings is 1. The van der Waals surface area contributed by atoms with Crippen LogP contribution in [0.15, 0.2) is 29.4 Å². The van der Waals surface area contributed by atoms with Gasteiger partial charge in [-0.1, -0.05) is 12.8 Å². The first-order chi connectivity index (χ1) is 19.7. The molecule has 1 aromatic carbocycles. The molecule has 0 spiro atoms. The molecule has 2 aromatic heterocycles. The molecule has 9 nitrogen and oxygen atoms in total. The van der Waals surface area contributed by atoms with Crippen molar-refractivity contribution in [1.82, 2.24) is 35.7 Å². The molecule has 228 valence electrons. The number of hydrogen-bond donors (Lipinski definition) is 2. The monoisotopic (exact) mass is 597 g/mol. The zero-order valence-electron chi connectivity index (χ0n) is 23.7. The number of anilines is 1. The SMILES string of the molecule is CCN(c1nc2c(cc1CN(Cc1cc(C(F)(F)F)cc(C(F)(F)F)c1)C1=NNN(C)N1)c(C)nn2C)C1CCCC1. The van der Waals surface area contributed by atoms with Crippen molar-refractivity contribution in [3.63, 3.8) is 0 Å². The number of alkyl halides is 6. The number of nitrogens with one attached hydrogen (secondary N) is 2. The molecule has 1 fully saturated rings. The Morgan fingerprint density at radius 1 is 0.952 bits per heavy atom. The standard InChI is InChI=1S/C27H33F6N9/c1-5-42(21-8-6-7-9-21)23-18(12-22-16(2)36-39(3)24(22)34-23)15-41(25-35-38-40(4)37-25)14-17-10-19(26(28,29)30)13-20(11-17)27(31,32)33/h10-13,21,38H,5-9,14-15H2,1-4H3,(H,35,37). The maximum atomic E-state index is 13.6. The molecule has 42 heavy (non-hydrogen) atoms. The van der Waals surface area contributed by atoms with E-state index in [1.54, 1.807) is 16.6 Å². The number of hydrogen-bond acceptors (Lipinski definition) is 8. The van der Waals surface area contributed by atoms with Crippen LogP contribution in [0.3, 0.4) is 0 Å². The van der Waals surface area contributed by atoms with Crippen molar-refractivity contribution < 1.29 is 26.3 Å². The minimum absolute atomic E-state index is 0.106. The third kappa shape index (κ3) is 6.05. The van der Waals surface area contributed by atoms with E-state index in [2.05, 4.69) is 26.1 Å². The van der Waals surface area contributed by atoms with E-state index in [9.17, 15) is 26.3 Å². The van der Waals surface area contributed by atoms with Crippen LogP contribution in [0.2, 0.25) is 0 Å². The molecule has 3 heterocycles. The Morgan fingerprint density at radius 2 is 1.60 bits per heavy atom. The van der Waals surface area contributed by atoms with Gasteiger partial charge in [-0.15, -0.1) is 10.2 Å². The predicted molar refractivity (Wildman–Crippen MR) is 146 cm³/mol. The van der Waals surface area contributed by atoms with E-state index in [0.717, 1.165) is 54.5 Å². The van der Waals surface area contributed by atoms with Gasteiger partial charge in [-0.25, -0.2) is 10.5 Å². The Balaban J connectivity index is 1.60. The Kier molecular flexibility index (Phi) is 7.89. The number of aromatic nitrogens is 3. The maximum Gasteiger partial charge on any atom is 0.416 e. The molecule has 5 rings (SSSR count). The second-order valence-corrected chi connectivity index (χ2v) is 10.8. The van der Waals surface area contributed by atoms with Gasteiger partial charge in [0.15, 0.2) is 5.65 Å². The first kappa shape index (κ1) is 29.7. The summed E-state index contributed by atoms with van der Waals surface area (Å²) in [5, 5.41) is 11.0. The summed E-state index contributed by atoms with van der Waals surface area (Å²) in [4.78, 5) is 8.86. The number of pyridine rings is 1. The average molecular weight is 598 g/mol. The first-order valence-corrected chi connectivity index (χ1v) is 13.7. The van der Waals surface area contributed by atoms with Gasteiger partial charge < -0.3 is 9.80 Å². The van der Waals surface area contributed by atoms with Crippen molar-refractivity contribution in [2.75, 3.05) is 18.5 Å². The molecule has 15 heteroatoms. The molecule has 0 saturated heterocycles. The number of guanidine groups is 1. The fraction of sp³-hybridized carbons (Fsp3) is 0.519. The molecule has 0 radical (unpaired) electrons. The number of halogens is 6. The smallest absolute Gasteiger partial charge is 0.354 e. The zero-order valence-corrected chi connectivity index (χ0v) is 23.7.